The smallest absolute Gasteiger partial charge is 0.290 e. The van der Waals surface area contributed by atoms with E-state index in [1.165, 1.54) is 7.11 Å². The molecule has 0 amide bonds. The summed E-state index contributed by atoms with van der Waals surface area (Å²) >= 11 is 0. The third kappa shape index (κ3) is 4.51. The van der Waals surface area contributed by atoms with Crippen LogP contribution in [-0.2, 0) is 39.7 Å². The van der Waals surface area contributed by atoms with Crippen molar-refractivity contribution < 1.29 is 26.6 Å². The van der Waals surface area contributed by atoms with Crippen LogP contribution in [0.4, 0.5) is 0 Å². The summed E-state index contributed by atoms with van der Waals surface area (Å²) in [5, 5.41) is 0. The van der Waals surface area contributed by atoms with Crippen molar-refractivity contribution in [2.24, 2.45) is 0 Å². The molecule has 0 aliphatic carbocycles. The van der Waals surface area contributed by atoms with E-state index in [9.17, 15) is 13.0 Å². The third-order valence-electron chi connectivity index (χ3n) is 2.51. The predicted molar refractivity (Wildman–Crippen MR) is 71.5 cm³/mol. The molecule has 0 aromatic carbocycles. The molecule has 6 nitrogen and oxygen atoms in total. The van der Waals surface area contributed by atoms with Crippen molar-refractivity contribution in [3.05, 3.63) is 0 Å². The van der Waals surface area contributed by atoms with Gasteiger partial charge in [0, 0.05) is 40.2 Å². The van der Waals surface area contributed by atoms with Crippen molar-refractivity contribution in [1.82, 2.24) is 0 Å². The normalized spacial score (nSPS) is 35.5. The van der Waals surface area contributed by atoms with E-state index < -0.39 is 41.6 Å². The van der Waals surface area contributed by atoms with Gasteiger partial charge in [-0.15, -0.1) is 0 Å². The van der Waals surface area contributed by atoms with Gasteiger partial charge in [0.25, 0.3) is 0 Å². The van der Waals surface area contributed by atoms with Gasteiger partial charge in [-0.2, -0.15) is 0 Å². The minimum Gasteiger partial charge on any atom is -0.290 e. The van der Waals surface area contributed by atoms with Crippen LogP contribution in [0, 0.1) is 0 Å². The number of hydrogen-bond donors (Lipinski definition) is 0. The Hall–Kier alpha value is 0.410. The third-order valence-corrected chi connectivity index (χ3v) is 6.71. The fourth-order valence-corrected chi connectivity index (χ4v) is 4.73. The highest BCUT2D eigenvalue weighted by molar-refractivity contribution is 7.85. The minimum absolute atomic E-state index is 0.218. The zero-order valence-electron chi connectivity index (χ0n) is 10.7. The molecule has 0 radical (unpaired) electrons. The first-order valence-electron chi connectivity index (χ1n) is 5.66. The molecule has 4 atom stereocenters. The number of phosphoric ester groups is 1. The molecule has 0 aromatic heterocycles. The second-order valence-electron chi connectivity index (χ2n) is 3.71. The molecule has 18 heavy (non-hydrogen) atoms. The highest BCUT2D eigenvalue weighted by Crippen LogP contribution is 2.56. The molecule has 1 aliphatic rings. The number of rotatable bonds is 7. The van der Waals surface area contributed by atoms with Gasteiger partial charge in [-0.3, -0.25) is 22.0 Å². The van der Waals surface area contributed by atoms with Gasteiger partial charge in [0.15, 0.2) is 0 Å². The van der Waals surface area contributed by atoms with Crippen molar-refractivity contribution in [3.8, 4) is 0 Å². The SMILES string of the molecule is CCS(=O)CC1OP(=O)(OC)OC1CS(=O)CC. The molecule has 0 spiro atoms. The van der Waals surface area contributed by atoms with Gasteiger partial charge in [-0.05, 0) is 0 Å². The first-order valence-corrected chi connectivity index (χ1v) is 10.1. The van der Waals surface area contributed by atoms with Gasteiger partial charge in [0.05, 0.1) is 11.5 Å². The lowest BCUT2D eigenvalue weighted by Gasteiger charge is -2.13. The Kier molecular flexibility index (Phi) is 6.64. The van der Waals surface area contributed by atoms with Crippen LogP contribution >= 0.6 is 7.82 Å². The quantitative estimate of drug-likeness (QED) is 0.653. The molecule has 1 rings (SSSR count). The maximum atomic E-state index is 11.9. The fourth-order valence-electron chi connectivity index (χ4n) is 1.46. The number of phosphoric acid groups is 1. The molecule has 0 bridgehead atoms. The van der Waals surface area contributed by atoms with E-state index in [4.69, 9.17) is 13.6 Å². The Balaban J connectivity index is 2.73. The van der Waals surface area contributed by atoms with E-state index in [-0.39, 0.29) is 11.5 Å². The summed E-state index contributed by atoms with van der Waals surface area (Å²) in [4.78, 5) is 0. The van der Waals surface area contributed by atoms with Crippen LogP contribution in [0.3, 0.4) is 0 Å². The molecule has 0 N–H and O–H groups in total. The standard InChI is InChI=1S/C9H19O6PS2/c1-4-17(11)6-8-9(7-18(12)5-2)15-16(10,13-3)14-8/h8-9H,4-7H2,1-3H3. The van der Waals surface area contributed by atoms with Gasteiger partial charge >= 0.3 is 7.82 Å². The van der Waals surface area contributed by atoms with E-state index in [2.05, 4.69) is 0 Å². The van der Waals surface area contributed by atoms with E-state index >= 15 is 0 Å². The van der Waals surface area contributed by atoms with Crippen LogP contribution in [0.1, 0.15) is 13.8 Å². The average Bonchev–Trinajstić information content (AvgIpc) is 2.66. The van der Waals surface area contributed by atoms with E-state index in [0.29, 0.717) is 11.5 Å². The van der Waals surface area contributed by atoms with E-state index in [0.717, 1.165) is 0 Å². The van der Waals surface area contributed by atoms with Crippen molar-refractivity contribution in [2.75, 3.05) is 30.1 Å². The average molecular weight is 318 g/mol. The summed E-state index contributed by atoms with van der Waals surface area (Å²) in [6.45, 7) is 3.59. The van der Waals surface area contributed by atoms with Crippen molar-refractivity contribution in [3.63, 3.8) is 0 Å². The molecule has 1 heterocycles. The van der Waals surface area contributed by atoms with Gasteiger partial charge < -0.3 is 0 Å². The Morgan fingerprint density at radius 1 is 1.06 bits per heavy atom. The lowest BCUT2D eigenvalue weighted by atomic mass is 10.3. The first kappa shape index (κ1) is 16.5. The van der Waals surface area contributed by atoms with Crippen LogP contribution < -0.4 is 0 Å². The summed E-state index contributed by atoms with van der Waals surface area (Å²) in [7, 11) is -4.48. The molecular formula is C9H19O6PS2. The number of hydrogen-bond acceptors (Lipinski definition) is 6. The molecule has 1 aliphatic heterocycles. The van der Waals surface area contributed by atoms with Crippen molar-refractivity contribution >= 4 is 29.4 Å². The summed E-state index contributed by atoms with van der Waals surface area (Å²) < 4.78 is 50.1. The van der Waals surface area contributed by atoms with Crippen LogP contribution in [0.5, 0.6) is 0 Å². The van der Waals surface area contributed by atoms with Crippen LogP contribution in [0.2, 0.25) is 0 Å². The van der Waals surface area contributed by atoms with Gasteiger partial charge in [-0.25, -0.2) is 4.57 Å². The first-order chi connectivity index (χ1) is 8.44. The highest BCUT2D eigenvalue weighted by Gasteiger charge is 2.46. The molecule has 9 heteroatoms. The summed E-state index contributed by atoms with van der Waals surface area (Å²) in [6, 6.07) is 0. The van der Waals surface area contributed by atoms with Crippen molar-refractivity contribution in [2.45, 2.75) is 26.1 Å². The fraction of sp³-hybridized carbons (Fsp3) is 1.00. The van der Waals surface area contributed by atoms with Crippen LogP contribution in [-0.4, -0.2) is 50.7 Å². The van der Waals surface area contributed by atoms with Gasteiger partial charge in [-0.1, -0.05) is 13.8 Å². The minimum atomic E-state index is -3.57. The van der Waals surface area contributed by atoms with Crippen LogP contribution in [0.25, 0.3) is 0 Å². The molecule has 1 fully saturated rings. The molecule has 1 saturated heterocycles. The maximum absolute atomic E-state index is 11.9. The summed E-state index contributed by atoms with van der Waals surface area (Å²) in [5.74, 6) is 1.41. The lowest BCUT2D eigenvalue weighted by Crippen LogP contribution is -2.33. The Labute approximate surface area is 112 Å². The monoisotopic (exact) mass is 318 g/mol. The Bertz CT molecular complexity index is 344. The molecule has 4 unspecified atom stereocenters. The Morgan fingerprint density at radius 2 is 1.44 bits per heavy atom. The second-order valence-corrected chi connectivity index (χ2v) is 8.97. The van der Waals surface area contributed by atoms with E-state index in [1.807, 2.05) is 0 Å². The lowest BCUT2D eigenvalue weighted by molar-refractivity contribution is 0.193. The summed E-state index contributed by atoms with van der Waals surface area (Å²) in [5.41, 5.74) is 0. The van der Waals surface area contributed by atoms with Gasteiger partial charge in [0.2, 0.25) is 0 Å². The zero-order chi connectivity index (χ0) is 13.8. The maximum Gasteiger partial charge on any atom is 0.475 e. The Morgan fingerprint density at radius 3 is 1.72 bits per heavy atom. The topological polar surface area (TPSA) is 78.9 Å². The van der Waals surface area contributed by atoms with Gasteiger partial charge in [0.1, 0.15) is 12.2 Å². The van der Waals surface area contributed by atoms with E-state index in [1.54, 1.807) is 13.8 Å². The molecule has 0 saturated carbocycles. The largest absolute Gasteiger partial charge is 0.475 e. The predicted octanol–water partition coefficient (Wildman–Crippen LogP) is 1.06. The molecule has 108 valence electrons. The molecular weight excluding hydrogens is 299 g/mol. The zero-order valence-corrected chi connectivity index (χ0v) is 13.2. The second kappa shape index (κ2) is 7.26. The van der Waals surface area contributed by atoms with Crippen molar-refractivity contribution in [1.29, 1.82) is 0 Å². The molecule has 0 aromatic rings. The summed E-state index contributed by atoms with van der Waals surface area (Å²) in [6.07, 6.45) is -1.18. The highest BCUT2D eigenvalue weighted by atomic mass is 32.2. The van der Waals surface area contributed by atoms with Crippen LogP contribution in [0.15, 0.2) is 0 Å².